The van der Waals surface area contributed by atoms with Crippen LogP contribution in [0.5, 0.6) is 5.75 Å². The Balaban J connectivity index is 1.71. The van der Waals surface area contributed by atoms with E-state index in [1.807, 2.05) is 0 Å². The molecule has 4 nitrogen and oxygen atoms in total. The standard InChI is InChI=1S/C14H18F2O4/c15-12-2-1-3-13(14(12)16)20-9-10(17)8-19-11-4-6-18-7-5-11/h1-3,10-11,17H,4-9H2/t10-/m0/s1. The van der Waals surface area contributed by atoms with E-state index < -0.39 is 17.7 Å². The average Bonchev–Trinajstić information content (AvgIpc) is 2.48. The molecule has 1 aromatic carbocycles. The highest BCUT2D eigenvalue weighted by Crippen LogP contribution is 2.19. The maximum absolute atomic E-state index is 13.3. The fraction of sp³-hybridized carbons (Fsp3) is 0.571. The summed E-state index contributed by atoms with van der Waals surface area (Å²) in [4.78, 5) is 0. The third kappa shape index (κ3) is 4.40. The van der Waals surface area contributed by atoms with Crippen LogP contribution in [0.3, 0.4) is 0 Å². The molecule has 1 aromatic rings. The highest BCUT2D eigenvalue weighted by molar-refractivity contribution is 5.25. The molecule has 1 aliphatic heterocycles. The molecule has 20 heavy (non-hydrogen) atoms. The highest BCUT2D eigenvalue weighted by atomic mass is 19.2. The van der Waals surface area contributed by atoms with E-state index in [2.05, 4.69) is 0 Å². The molecule has 1 fully saturated rings. The molecule has 1 aliphatic rings. The molecule has 0 bridgehead atoms. The number of ether oxygens (including phenoxy) is 3. The van der Waals surface area contributed by atoms with Gasteiger partial charge < -0.3 is 19.3 Å². The Hall–Kier alpha value is -1.24. The maximum atomic E-state index is 13.3. The molecular formula is C14H18F2O4. The minimum atomic E-state index is -1.05. The normalized spacial score (nSPS) is 17.9. The Morgan fingerprint density at radius 1 is 1.25 bits per heavy atom. The number of halogens is 2. The molecule has 1 N–H and O–H groups in total. The van der Waals surface area contributed by atoms with Crippen LogP contribution in [0.2, 0.25) is 0 Å². The Morgan fingerprint density at radius 2 is 2.00 bits per heavy atom. The molecule has 0 spiro atoms. The van der Waals surface area contributed by atoms with Gasteiger partial charge in [0, 0.05) is 13.2 Å². The molecule has 0 amide bonds. The van der Waals surface area contributed by atoms with Gasteiger partial charge in [-0.1, -0.05) is 6.07 Å². The molecule has 1 heterocycles. The summed E-state index contributed by atoms with van der Waals surface area (Å²) < 4.78 is 42.0. The Morgan fingerprint density at radius 3 is 2.75 bits per heavy atom. The van der Waals surface area contributed by atoms with Crippen LogP contribution >= 0.6 is 0 Å². The van der Waals surface area contributed by atoms with Crippen molar-refractivity contribution in [2.24, 2.45) is 0 Å². The van der Waals surface area contributed by atoms with E-state index >= 15 is 0 Å². The van der Waals surface area contributed by atoms with Gasteiger partial charge in [0.15, 0.2) is 11.6 Å². The average molecular weight is 288 g/mol. The lowest BCUT2D eigenvalue weighted by Crippen LogP contribution is -2.30. The summed E-state index contributed by atoms with van der Waals surface area (Å²) in [6, 6.07) is 3.66. The lowest BCUT2D eigenvalue weighted by molar-refractivity contribution is -0.0661. The Bertz CT molecular complexity index is 422. The summed E-state index contributed by atoms with van der Waals surface area (Å²) in [5.41, 5.74) is 0. The third-order valence-electron chi connectivity index (χ3n) is 3.04. The molecule has 112 valence electrons. The van der Waals surface area contributed by atoms with Crippen LogP contribution in [-0.2, 0) is 9.47 Å². The predicted octanol–water partition coefficient (Wildman–Crippen LogP) is 1.90. The first-order chi connectivity index (χ1) is 9.66. The minimum Gasteiger partial charge on any atom is -0.488 e. The van der Waals surface area contributed by atoms with E-state index in [-0.39, 0.29) is 25.1 Å². The van der Waals surface area contributed by atoms with Gasteiger partial charge in [0.1, 0.15) is 12.7 Å². The smallest absolute Gasteiger partial charge is 0.200 e. The zero-order chi connectivity index (χ0) is 14.4. The van der Waals surface area contributed by atoms with E-state index in [0.29, 0.717) is 13.2 Å². The summed E-state index contributed by atoms with van der Waals surface area (Å²) >= 11 is 0. The van der Waals surface area contributed by atoms with Gasteiger partial charge in [0.25, 0.3) is 0 Å². The van der Waals surface area contributed by atoms with Crippen molar-refractivity contribution in [1.82, 2.24) is 0 Å². The van der Waals surface area contributed by atoms with E-state index in [1.54, 1.807) is 0 Å². The van der Waals surface area contributed by atoms with Gasteiger partial charge in [-0.25, -0.2) is 4.39 Å². The van der Waals surface area contributed by atoms with Gasteiger partial charge in [-0.15, -0.1) is 0 Å². The first-order valence-electron chi connectivity index (χ1n) is 6.61. The van der Waals surface area contributed by atoms with Crippen molar-refractivity contribution >= 4 is 0 Å². The molecule has 0 aliphatic carbocycles. The minimum absolute atomic E-state index is 0.0734. The van der Waals surface area contributed by atoms with Crippen LogP contribution in [0.25, 0.3) is 0 Å². The van der Waals surface area contributed by atoms with Gasteiger partial charge >= 0.3 is 0 Å². The molecule has 1 saturated heterocycles. The van der Waals surface area contributed by atoms with Crippen LogP contribution in [0.15, 0.2) is 18.2 Å². The lowest BCUT2D eigenvalue weighted by Gasteiger charge is -2.23. The number of aliphatic hydroxyl groups excluding tert-OH is 1. The van der Waals surface area contributed by atoms with Crippen LogP contribution in [0, 0.1) is 11.6 Å². The Labute approximate surface area is 116 Å². The highest BCUT2D eigenvalue weighted by Gasteiger charge is 2.17. The second-order valence-corrected chi connectivity index (χ2v) is 4.66. The topological polar surface area (TPSA) is 47.9 Å². The summed E-state index contributed by atoms with van der Waals surface area (Å²) in [7, 11) is 0. The zero-order valence-electron chi connectivity index (χ0n) is 11.1. The second kappa shape index (κ2) is 7.52. The van der Waals surface area contributed by atoms with Gasteiger partial charge in [-0.05, 0) is 25.0 Å². The molecular weight excluding hydrogens is 270 g/mol. The van der Waals surface area contributed by atoms with E-state index in [9.17, 15) is 13.9 Å². The van der Waals surface area contributed by atoms with E-state index in [4.69, 9.17) is 14.2 Å². The molecule has 0 saturated carbocycles. The maximum Gasteiger partial charge on any atom is 0.200 e. The van der Waals surface area contributed by atoms with Gasteiger partial charge in [0.2, 0.25) is 5.82 Å². The van der Waals surface area contributed by atoms with E-state index in [1.165, 1.54) is 12.1 Å². The summed E-state index contributed by atoms with van der Waals surface area (Å²) in [5, 5.41) is 9.70. The monoisotopic (exact) mass is 288 g/mol. The number of rotatable bonds is 6. The van der Waals surface area contributed by atoms with E-state index in [0.717, 1.165) is 18.9 Å². The van der Waals surface area contributed by atoms with Crippen LogP contribution < -0.4 is 4.74 Å². The Kier molecular flexibility index (Phi) is 5.70. The first-order valence-corrected chi connectivity index (χ1v) is 6.61. The number of hydrogen-bond acceptors (Lipinski definition) is 4. The van der Waals surface area contributed by atoms with Crippen LogP contribution in [0.4, 0.5) is 8.78 Å². The third-order valence-corrected chi connectivity index (χ3v) is 3.04. The van der Waals surface area contributed by atoms with Crippen LogP contribution in [0.1, 0.15) is 12.8 Å². The lowest BCUT2D eigenvalue weighted by atomic mass is 10.1. The molecule has 0 unspecified atom stereocenters. The van der Waals surface area contributed by atoms with Crippen molar-refractivity contribution in [2.45, 2.75) is 25.0 Å². The molecule has 2 rings (SSSR count). The largest absolute Gasteiger partial charge is 0.488 e. The van der Waals surface area contributed by atoms with Gasteiger partial charge in [-0.2, -0.15) is 4.39 Å². The van der Waals surface area contributed by atoms with Crippen molar-refractivity contribution in [3.8, 4) is 5.75 Å². The number of hydrogen-bond donors (Lipinski definition) is 1. The van der Waals surface area contributed by atoms with Crippen molar-refractivity contribution in [3.63, 3.8) is 0 Å². The second-order valence-electron chi connectivity index (χ2n) is 4.66. The van der Waals surface area contributed by atoms with Crippen molar-refractivity contribution in [2.75, 3.05) is 26.4 Å². The number of aliphatic hydroxyl groups is 1. The molecule has 0 aromatic heterocycles. The predicted molar refractivity (Wildman–Crippen MR) is 67.7 cm³/mol. The molecule has 6 heteroatoms. The zero-order valence-corrected chi connectivity index (χ0v) is 11.1. The fourth-order valence-corrected chi connectivity index (χ4v) is 1.92. The van der Waals surface area contributed by atoms with Crippen molar-refractivity contribution in [1.29, 1.82) is 0 Å². The summed E-state index contributed by atoms with van der Waals surface area (Å²) in [5.74, 6) is -2.24. The quantitative estimate of drug-likeness (QED) is 0.868. The SMILES string of the molecule is O[C@H](COc1cccc(F)c1F)COC1CCOCC1. The summed E-state index contributed by atoms with van der Waals surface area (Å²) in [6.07, 6.45) is 0.780. The molecule has 1 atom stereocenters. The van der Waals surface area contributed by atoms with Gasteiger partial charge in [0.05, 0.1) is 12.7 Å². The van der Waals surface area contributed by atoms with Gasteiger partial charge in [-0.3, -0.25) is 0 Å². The first kappa shape index (κ1) is 15.2. The van der Waals surface area contributed by atoms with Crippen molar-refractivity contribution in [3.05, 3.63) is 29.8 Å². The fourth-order valence-electron chi connectivity index (χ4n) is 1.92. The van der Waals surface area contributed by atoms with Crippen molar-refractivity contribution < 1.29 is 28.1 Å². The number of benzene rings is 1. The molecule has 0 radical (unpaired) electrons. The summed E-state index contributed by atoms with van der Waals surface area (Å²) in [6.45, 7) is 1.27. The van der Waals surface area contributed by atoms with Crippen LogP contribution in [-0.4, -0.2) is 43.7 Å².